The second kappa shape index (κ2) is 11.0. The molecule has 4 rings (SSSR count). The van der Waals surface area contributed by atoms with Crippen molar-refractivity contribution in [3.05, 3.63) is 75.5 Å². The van der Waals surface area contributed by atoms with E-state index in [1.54, 1.807) is 60.8 Å². The highest BCUT2D eigenvalue weighted by Gasteiger charge is 2.23. The highest BCUT2D eigenvalue weighted by atomic mass is 32.1. The van der Waals surface area contributed by atoms with Crippen LogP contribution in [0.2, 0.25) is 0 Å². The molecular formula is C26H25N3O6S. The van der Waals surface area contributed by atoms with Crippen molar-refractivity contribution in [1.29, 1.82) is 0 Å². The lowest BCUT2D eigenvalue weighted by Crippen LogP contribution is -2.25. The van der Waals surface area contributed by atoms with E-state index in [1.165, 1.54) is 0 Å². The Balaban J connectivity index is 1.78. The van der Waals surface area contributed by atoms with Crippen molar-refractivity contribution in [2.75, 3.05) is 25.1 Å². The number of anilines is 1. The third-order valence-corrected chi connectivity index (χ3v) is 6.06. The maximum atomic E-state index is 13.5. The zero-order valence-electron chi connectivity index (χ0n) is 20.1. The summed E-state index contributed by atoms with van der Waals surface area (Å²) in [6, 6.07) is 13.4. The number of carbonyl (C=O) groups excluding carboxylic acids is 2. The van der Waals surface area contributed by atoms with E-state index < -0.39 is 17.4 Å². The summed E-state index contributed by atoms with van der Waals surface area (Å²) in [5.74, 6) is 0.228. The number of amides is 1. The fourth-order valence-electron chi connectivity index (χ4n) is 3.56. The first-order chi connectivity index (χ1) is 17.5. The van der Waals surface area contributed by atoms with Gasteiger partial charge in [-0.25, -0.2) is 4.79 Å². The Morgan fingerprint density at radius 2 is 1.53 bits per heavy atom. The Bertz CT molecular complexity index is 1440. The molecule has 36 heavy (non-hydrogen) atoms. The van der Waals surface area contributed by atoms with Gasteiger partial charge in [-0.1, -0.05) is 0 Å². The van der Waals surface area contributed by atoms with Crippen molar-refractivity contribution in [2.45, 2.75) is 20.8 Å². The number of hydrogen-bond donors (Lipinski definition) is 1. The van der Waals surface area contributed by atoms with Gasteiger partial charge in [-0.3, -0.25) is 9.59 Å². The lowest BCUT2D eigenvalue weighted by Gasteiger charge is -2.11. The van der Waals surface area contributed by atoms with Crippen LogP contribution in [-0.2, 0) is 4.74 Å². The molecule has 0 fully saturated rings. The second-order valence-electron chi connectivity index (χ2n) is 7.48. The Morgan fingerprint density at radius 3 is 2.11 bits per heavy atom. The number of aromatic nitrogens is 2. The largest absolute Gasteiger partial charge is 0.494 e. The fourth-order valence-corrected chi connectivity index (χ4v) is 4.49. The normalized spacial score (nSPS) is 10.8. The van der Waals surface area contributed by atoms with Crippen LogP contribution in [-0.4, -0.2) is 41.5 Å². The predicted octanol–water partition coefficient (Wildman–Crippen LogP) is 4.67. The Hall–Kier alpha value is -4.18. The number of fused-ring (bicyclic) bond motifs is 1. The molecule has 0 aliphatic carbocycles. The molecule has 0 unspecified atom stereocenters. The van der Waals surface area contributed by atoms with E-state index in [9.17, 15) is 14.4 Å². The molecule has 0 saturated carbocycles. The molecule has 186 valence electrons. The van der Waals surface area contributed by atoms with Crippen molar-refractivity contribution < 1.29 is 23.8 Å². The third-order valence-electron chi connectivity index (χ3n) is 5.17. The van der Waals surface area contributed by atoms with Gasteiger partial charge in [-0.2, -0.15) is 9.78 Å². The molecule has 0 aliphatic rings. The van der Waals surface area contributed by atoms with E-state index in [1.807, 2.05) is 13.8 Å². The minimum Gasteiger partial charge on any atom is -0.494 e. The predicted molar refractivity (Wildman–Crippen MR) is 138 cm³/mol. The molecule has 9 nitrogen and oxygen atoms in total. The van der Waals surface area contributed by atoms with Crippen LogP contribution in [0.25, 0.3) is 16.5 Å². The highest BCUT2D eigenvalue weighted by Crippen LogP contribution is 2.31. The number of rotatable bonds is 9. The molecule has 4 aromatic rings. The van der Waals surface area contributed by atoms with Crippen LogP contribution in [0, 0.1) is 0 Å². The van der Waals surface area contributed by atoms with Gasteiger partial charge in [-0.15, -0.1) is 11.3 Å². The molecule has 0 aliphatic heterocycles. The quantitative estimate of drug-likeness (QED) is 0.328. The van der Waals surface area contributed by atoms with Gasteiger partial charge in [0.2, 0.25) is 0 Å². The van der Waals surface area contributed by atoms with Crippen LogP contribution >= 0.6 is 11.3 Å². The summed E-state index contributed by atoms with van der Waals surface area (Å²) in [7, 11) is 0. The first-order valence-electron chi connectivity index (χ1n) is 11.5. The summed E-state index contributed by atoms with van der Waals surface area (Å²) in [5, 5.41) is 9.52. The van der Waals surface area contributed by atoms with Crippen LogP contribution in [0.1, 0.15) is 41.6 Å². The van der Waals surface area contributed by atoms with E-state index in [2.05, 4.69) is 10.4 Å². The zero-order valence-corrected chi connectivity index (χ0v) is 20.9. The summed E-state index contributed by atoms with van der Waals surface area (Å²) >= 11 is 1.14. The van der Waals surface area contributed by atoms with Crippen molar-refractivity contribution >= 4 is 39.0 Å². The van der Waals surface area contributed by atoms with Crippen LogP contribution < -0.4 is 20.3 Å². The van der Waals surface area contributed by atoms with Gasteiger partial charge in [0.25, 0.3) is 11.5 Å². The molecule has 1 amide bonds. The smallest absolute Gasteiger partial charge is 0.359 e. The number of nitrogens with one attached hydrogen (secondary N) is 1. The van der Waals surface area contributed by atoms with E-state index in [0.29, 0.717) is 46.4 Å². The van der Waals surface area contributed by atoms with Gasteiger partial charge >= 0.3 is 5.97 Å². The van der Waals surface area contributed by atoms with Crippen LogP contribution in [0.15, 0.2) is 58.7 Å². The summed E-state index contributed by atoms with van der Waals surface area (Å²) < 4.78 is 17.2. The number of thiophene rings is 1. The zero-order chi connectivity index (χ0) is 25.7. The molecule has 0 atom stereocenters. The second-order valence-corrected chi connectivity index (χ2v) is 8.36. The minimum atomic E-state index is -0.663. The monoisotopic (exact) mass is 507 g/mol. The summed E-state index contributed by atoms with van der Waals surface area (Å²) in [6.45, 7) is 6.61. The number of nitrogens with zero attached hydrogens (tertiary/aromatic N) is 2. The SMILES string of the molecule is CCOC(=O)c1nn(-c2ccc(OCC)cc2)c(=O)c2c(NC(=O)c3ccc(OCC)cc3)scc12. The van der Waals surface area contributed by atoms with E-state index >= 15 is 0 Å². The lowest BCUT2D eigenvalue weighted by molar-refractivity contribution is 0.0520. The number of esters is 1. The molecule has 0 saturated heterocycles. The van der Waals surface area contributed by atoms with Gasteiger partial charge in [0.05, 0.1) is 30.9 Å². The molecular weight excluding hydrogens is 482 g/mol. The Kier molecular flexibility index (Phi) is 7.65. The molecule has 1 N–H and O–H groups in total. The maximum Gasteiger partial charge on any atom is 0.359 e. The van der Waals surface area contributed by atoms with Crippen molar-refractivity contribution in [1.82, 2.24) is 9.78 Å². The summed E-state index contributed by atoms with van der Waals surface area (Å²) in [6.07, 6.45) is 0. The van der Waals surface area contributed by atoms with E-state index in [4.69, 9.17) is 14.2 Å². The minimum absolute atomic E-state index is 0.0156. The number of hydrogen-bond acceptors (Lipinski definition) is 8. The van der Waals surface area contributed by atoms with Crippen molar-refractivity contribution in [3.63, 3.8) is 0 Å². The first-order valence-corrected chi connectivity index (χ1v) is 12.3. The molecule has 2 aromatic heterocycles. The molecule has 2 aromatic carbocycles. The summed E-state index contributed by atoms with van der Waals surface area (Å²) in [4.78, 5) is 39.2. The average molecular weight is 508 g/mol. The standard InChI is InChI=1S/C26H25N3O6S/c1-4-33-18-11-7-16(8-12-18)23(30)27-24-21-20(15-36-24)22(26(32)35-6-3)28-29(25(21)31)17-9-13-19(14-10-17)34-5-2/h7-15H,4-6H2,1-3H3,(H,27,30). The molecule has 0 bridgehead atoms. The van der Waals surface area contributed by atoms with Crippen molar-refractivity contribution in [2.24, 2.45) is 0 Å². The summed E-state index contributed by atoms with van der Waals surface area (Å²) in [5.41, 5.74) is 0.334. The highest BCUT2D eigenvalue weighted by molar-refractivity contribution is 7.16. The topological polar surface area (TPSA) is 109 Å². The number of benzene rings is 2. The van der Waals surface area contributed by atoms with Crippen LogP contribution in [0.5, 0.6) is 11.5 Å². The van der Waals surface area contributed by atoms with E-state index in [0.717, 1.165) is 16.0 Å². The van der Waals surface area contributed by atoms with Gasteiger partial charge < -0.3 is 19.5 Å². The Labute approximate surface area is 211 Å². The van der Waals surface area contributed by atoms with Gasteiger partial charge in [0.1, 0.15) is 16.5 Å². The number of ether oxygens (including phenoxy) is 3. The maximum absolute atomic E-state index is 13.5. The van der Waals surface area contributed by atoms with Gasteiger partial charge in [0, 0.05) is 16.3 Å². The van der Waals surface area contributed by atoms with Crippen molar-refractivity contribution in [3.8, 4) is 17.2 Å². The average Bonchev–Trinajstić information content (AvgIpc) is 3.30. The fraction of sp³-hybridized carbons (Fsp3) is 0.231. The molecule has 0 spiro atoms. The van der Waals surface area contributed by atoms with Gasteiger partial charge in [0.15, 0.2) is 5.69 Å². The molecule has 0 radical (unpaired) electrons. The number of carbonyl (C=O) groups is 2. The van der Waals surface area contributed by atoms with Crippen LogP contribution in [0.3, 0.4) is 0 Å². The first kappa shape index (κ1) is 24.9. The lowest BCUT2D eigenvalue weighted by atomic mass is 10.2. The molecule has 10 heteroatoms. The Morgan fingerprint density at radius 1 is 0.917 bits per heavy atom. The molecule has 2 heterocycles. The third kappa shape index (κ3) is 5.08. The van der Waals surface area contributed by atoms with Gasteiger partial charge in [-0.05, 0) is 69.3 Å². The van der Waals surface area contributed by atoms with Crippen LogP contribution in [0.4, 0.5) is 5.00 Å². The van der Waals surface area contributed by atoms with E-state index in [-0.39, 0.29) is 17.7 Å².